The fourth-order valence-electron chi connectivity index (χ4n) is 1.95. The van der Waals surface area contributed by atoms with Crippen molar-refractivity contribution in [1.82, 2.24) is 5.32 Å². The van der Waals surface area contributed by atoms with Gasteiger partial charge in [0.15, 0.2) is 6.61 Å². The molecule has 6 heteroatoms. The highest BCUT2D eigenvalue weighted by Crippen LogP contribution is 2.16. The van der Waals surface area contributed by atoms with Gasteiger partial charge in [0.25, 0.3) is 5.91 Å². The van der Waals surface area contributed by atoms with E-state index < -0.39 is 5.97 Å². The average Bonchev–Trinajstić information content (AvgIpc) is 2.57. The van der Waals surface area contributed by atoms with Gasteiger partial charge in [-0.15, -0.1) is 0 Å². The molecule has 0 aromatic heterocycles. The zero-order chi connectivity index (χ0) is 17.4. The van der Waals surface area contributed by atoms with Crippen molar-refractivity contribution in [3.05, 3.63) is 64.1 Å². The lowest BCUT2D eigenvalue weighted by molar-refractivity contribution is -0.124. The van der Waals surface area contributed by atoms with Crippen LogP contribution in [0, 0.1) is 6.92 Å². The number of carbonyl (C=O) groups excluding carboxylic acids is 2. The minimum absolute atomic E-state index is 0.329. The van der Waals surface area contributed by atoms with Gasteiger partial charge in [-0.2, -0.15) is 0 Å². The lowest BCUT2D eigenvalue weighted by atomic mass is 10.2. The van der Waals surface area contributed by atoms with Crippen LogP contribution in [0.1, 0.15) is 15.9 Å². The number of nitrogens with one attached hydrogen (secondary N) is 1. The third-order valence-corrected chi connectivity index (χ3v) is 3.80. The number of hydrogen-bond acceptors (Lipinski definition) is 4. The number of esters is 1. The van der Waals surface area contributed by atoms with Crippen LogP contribution in [0.4, 0.5) is 0 Å². The SMILES string of the molecule is Cc1cccc(OCCNC(=O)COC(=O)c2ccccc2Br)c1. The molecule has 0 heterocycles. The van der Waals surface area contributed by atoms with Crippen molar-refractivity contribution in [2.24, 2.45) is 0 Å². The van der Waals surface area contributed by atoms with E-state index in [0.29, 0.717) is 23.2 Å². The van der Waals surface area contributed by atoms with Crippen molar-refractivity contribution in [1.29, 1.82) is 0 Å². The van der Waals surface area contributed by atoms with E-state index in [1.54, 1.807) is 24.3 Å². The molecule has 0 saturated heterocycles. The molecular weight excluding hydrogens is 374 g/mol. The summed E-state index contributed by atoms with van der Waals surface area (Å²) in [7, 11) is 0. The first kappa shape index (κ1) is 18.0. The second-order valence-corrected chi connectivity index (χ2v) is 5.93. The van der Waals surface area contributed by atoms with Crippen molar-refractivity contribution in [2.75, 3.05) is 19.8 Å². The van der Waals surface area contributed by atoms with Gasteiger partial charge in [-0.1, -0.05) is 24.3 Å². The first-order chi connectivity index (χ1) is 11.6. The van der Waals surface area contributed by atoms with Crippen LogP contribution in [0.3, 0.4) is 0 Å². The number of carbonyl (C=O) groups is 2. The predicted octanol–water partition coefficient (Wildman–Crippen LogP) is 3.11. The Labute approximate surface area is 149 Å². The topological polar surface area (TPSA) is 64.6 Å². The van der Waals surface area contributed by atoms with Crippen molar-refractivity contribution >= 4 is 27.8 Å². The molecule has 0 radical (unpaired) electrons. The Morgan fingerprint density at radius 1 is 1.12 bits per heavy atom. The van der Waals surface area contributed by atoms with Gasteiger partial charge in [0, 0.05) is 4.47 Å². The molecule has 0 aliphatic carbocycles. The van der Waals surface area contributed by atoms with Crippen LogP contribution in [0.5, 0.6) is 5.75 Å². The Morgan fingerprint density at radius 3 is 2.67 bits per heavy atom. The molecule has 0 fully saturated rings. The largest absolute Gasteiger partial charge is 0.492 e. The molecule has 1 N–H and O–H groups in total. The van der Waals surface area contributed by atoms with E-state index in [9.17, 15) is 9.59 Å². The molecular formula is C18H18BrNO4. The number of amides is 1. The summed E-state index contributed by atoms with van der Waals surface area (Å²) < 4.78 is 11.1. The normalized spacial score (nSPS) is 10.1. The Morgan fingerprint density at radius 2 is 1.92 bits per heavy atom. The summed E-state index contributed by atoms with van der Waals surface area (Å²) in [6.45, 7) is 2.32. The molecule has 2 aromatic carbocycles. The van der Waals surface area contributed by atoms with Crippen molar-refractivity contribution in [2.45, 2.75) is 6.92 Å². The Balaban J connectivity index is 1.66. The number of aryl methyl sites for hydroxylation is 1. The van der Waals surface area contributed by atoms with Crippen LogP contribution < -0.4 is 10.1 Å². The maximum atomic E-state index is 11.9. The number of halogens is 1. The molecule has 0 atom stereocenters. The molecule has 1 amide bonds. The summed E-state index contributed by atoms with van der Waals surface area (Å²) in [6, 6.07) is 14.5. The smallest absolute Gasteiger partial charge is 0.339 e. The number of hydrogen-bond donors (Lipinski definition) is 1. The van der Waals surface area contributed by atoms with Crippen molar-refractivity contribution < 1.29 is 19.1 Å². The summed E-state index contributed by atoms with van der Waals surface area (Å²) in [5.41, 5.74) is 1.49. The summed E-state index contributed by atoms with van der Waals surface area (Å²) in [5, 5.41) is 2.64. The second kappa shape index (κ2) is 9.08. The molecule has 0 spiro atoms. The molecule has 126 valence electrons. The maximum absolute atomic E-state index is 11.9. The Bertz CT molecular complexity index is 718. The highest BCUT2D eigenvalue weighted by molar-refractivity contribution is 9.10. The number of rotatable bonds is 7. The zero-order valence-corrected chi connectivity index (χ0v) is 14.8. The summed E-state index contributed by atoms with van der Waals surface area (Å²) in [4.78, 5) is 23.5. The van der Waals surface area contributed by atoms with Gasteiger partial charge in [-0.25, -0.2) is 4.79 Å². The zero-order valence-electron chi connectivity index (χ0n) is 13.3. The van der Waals surface area contributed by atoms with Crippen LogP contribution in [0.15, 0.2) is 53.0 Å². The van der Waals surface area contributed by atoms with E-state index in [1.165, 1.54) is 0 Å². The minimum Gasteiger partial charge on any atom is -0.492 e. The van der Waals surface area contributed by atoms with Crippen LogP contribution in [-0.2, 0) is 9.53 Å². The molecule has 5 nitrogen and oxygen atoms in total. The van der Waals surface area contributed by atoms with Crippen LogP contribution in [0.25, 0.3) is 0 Å². The lowest BCUT2D eigenvalue weighted by Gasteiger charge is -2.09. The van der Waals surface area contributed by atoms with Gasteiger partial charge in [0.05, 0.1) is 12.1 Å². The Hall–Kier alpha value is -2.34. The van der Waals surface area contributed by atoms with Crippen molar-refractivity contribution in [3.63, 3.8) is 0 Å². The third-order valence-electron chi connectivity index (χ3n) is 3.11. The fourth-order valence-corrected chi connectivity index (χ4v) is 2.40. The van der Waals surface area contributed by atoms with E-state index in [-0.39, 0.29) is 12.5 Å². The van der Waals surface area contributed by atoms with Gasteiger partial charge in [-0.3, -0.25) is 4.79 Å². The molecule has 0 aliphatic heterocycles. The van der Waals surface area contributed by atoms with Gasteiger partial charge < -0.3 is 14.8 Å². The number of benzene rings is 2. The Kier molecular flexibility index (Phi) is 6.81. The first-order valence-electron chi connectivity index (χ1n) is 7.44. The average molecular weight is 392 g/mol. The van der Waals surface area contributed by atoms with Crippen LogP contribution in [-0.4, -0.2) is 31.6 Å². The van der Waals surface area contributed by atoms with Gasteiger partial charge in [0.2, 0.25) is 0 Å². The predicted molar refractivity (Wildman–Crippen MR) is 94.1 cm³/mol. The lowest BCUT2D eigenvalue weighted by Crippen LogP contribution is -2.32. The van der Waals surface area contributed by atoms with Gasteiger partial charge in [-0.05, 0) is 52.7 Å². The van der Waals surface area contributed by atoms with Gasteiger partial charge >= 0.3 is 5.97 Å². The standard InChI is InChI=1S/C18H18BrNO4/c1-13-5-4-6-14(11-13)23-10-9-20-17(21)12-24-18(22)15-7-2-3-8-16(15)19/h2-8,11H,9-10,12H2,1H3,(H,20,21). The molecule has 0 saturated carbocycles. The highest BCUT2D eigenvalue weighted by Gasteiger charge is 2.12. The van der Waals surface area contributed by atoms with E-state index in [4.69, 9.17) is 9.47 Å². The van der Waals surface area contributed by atoms with Gasteiger partial charge in [0.1, 0.15) is 12.4 Å². The highest BCUT2D eigenvalue weighted by atomic mass is 79.9. The van der Waals surface area contributed by atoms with E-state index >= 15 is 0 Å². The third kappa shape index (κ3) is 5.70. The van der Waals surface area contributed by atoms with Crippen LogP contribution >= 0.6 is 15.9 Å². The van der Waals surface area contributed by atoms with Crippen LogP contribution in [0.2, 0.25) is 0 Å². The molecule has 2 aromatic rings. The van der Waals surface area contributed by atoms with Crippen molar-refractivity contribution in [3.8, 4) is 5.75 Å². The summed E-state index contributed by atoms with van der Waals surface area (Å²) in [5.74, 6) is -0.165. The van der Waals surface area contributed by atoms with E-state index in [1.807, 2.05) is 31.2 Å². The molecule has 0 bridgehead atoms. The summed E-state index contributed by atoms with van der Waals surface area (Å²) in [6.07, 6.45) is 0. The number of ether oxygens (including phenoxy) is 2. The molecule has 0 aliphatic rings. The molecule has 24 heavy (non-hydrogen) atoms. The molecule has 0 unspecified atom stereocenters. The van der Waals surface area contributed by atoms with E-state index in [0.717, 1.165) is 11.3 Å². The maximum Gasteiger partial charge on any atom is 0.339 e. The molecule has 2 rings (SSSR count). The second-order valence-electron chi connectivity index (χ2n) is 5.07. The first-order valence-corrected chi connectivity index (χ1v) is 8.23. The monoisotopic (exact) mass is 391 g/mol. The quantitative estimate of drug-likeness (QED) is 0.581. The summed E-state index contributed by atoms with van der Waals surface area (Å²) >= 11 is 3.26. The minimum atomic E-state index is -0.548. The van der Waals surface area contributed by atoms with E-state index in [2.05, 4.69) is 21.2 Å². The fraction of sp³-hybridized carbons (Fsp3) is 0.222.